The van der Waals surface area contributed by atoms with E-state index in [0.29, 0.717) is 12.8 Å². The molecule has 0 aromatic heterocycles. The lowest BCUT2D eigenvalue weighted by atomic mass is 10.2. The van der Waals surface area contributed by atoms with Crippen molar-refractivity contribution in [2.45, 2.75) is 25.0 Å². The highest BCUT2D eigenvalue weighted by atomic mass is 31.1. The highest BCUT2D eigenvalue weighted by Crippen LogP contribution is 2.20. The molecule has 5 N–H and O–H groups in total. The summed E-state index contributed by atoms with van der Waals surface area (Å²) in [5.41, 5.74) is 9.73. The Bertz CT molecular complexity index is 339. The topological polar surface area (TPSA) is 143 Å². The number of hydrogen-bond acceptors (Lipinski definition) is 6. The maximum atomic E-state index is 11.0. The summed E-state index contributed by atoms with van der Waals surface area (Å²) < 4.78 is 25.3. The maximum absolute atomic E-state index is 11.0. The third-order valence-electron chi connectivity index (χ3n) is 2.23. The quantitative estimate of drug-likeness (QED) is 0.587. The van der Waals surface area contributed by atoms with Crippen LogP contribution in [0.15, 0.2) is 0 Å². The molecule has 1 fully saturated rings. The van der Waals surface area contributed by atoms with E-state index >= 15 is 0 Å². The molecule has 9 nitrogen and oxygen atoms in total. The van der Waals surface area contributed by atoms with Crippen LogP contribution in [0.4, 0.5) is 9.59 Å². The van der Waals surface area contributed by atoms with Gasteiger partial charge < -0.3 is 19.9 Å². The lowest BCUT2D eigenvalue weighted by Gasteiger charge is -2.13. The second kappa shape index (κ2) is 7.20. The second-order valence-electron chi connectivity index (χ2n) is 3.68. The number of amides is 2. The Kier molecular flexibility index (Phi) is 5.90. The first-order chi connectivity index (χ1) is 8.47. The number of nitrogens with two attached hydrogens (primary N) is 2. The van der Waals surface area contributed by atoms with Crippen LogP contribution in [0.3, 0.4) is 0 Å². The number of rotatable bonds is 5. The summed E-state index contributed by atoms with van der Waals surface area (Å²) in [4.78, 5) is 21.4. The van der Waals surface area contributed by atoms with Gasteiger partial charge in [-0.15, -0.1) is 0 Å². The normalized spacial score (nSPS) is 24.3. The van der Waals surface area contributed by atoms with Crippen LogP contribution in [-0.2, 0) is 18.8 Å². The summed E-state index contributed by atoms with van der Waals surface area (Å²) in [5.74, 6) is 0. The smallest absolute Gasteiger partial charge is 0.413 e. The van der Waals surface area contributed by atoms with Gasteiger partial charge in [-0.1, -0.05) is 0 Å². The van der Waals surface area contributed by atoms with Gasteiger partial charge in [-0.25, -0.2) is 9.59 Å². The van der Waals surface area contributed by atoms with Crippen LogP contribution in [-0.4, -0.2) is 37.6 Å². The Labute approximate surface area is 104 Å². The fraction of sp³-hybridized carbons (Fsp3) is 0.750. The lowest BCUT2D eigenvalue weighted by molar-refractivity contribution is -0.0182. The molecule has 0 aromatic rings. The first kappa shape index (κ1) is 14.7. The van der Waals surface area contributed by atoms with Gasteiger partial charge in [0, 0.05) is 0 Å². The molecule has 0 aliphatic carbocycles. The molecule has 0 saturated carbocycles. The lowest BCUT2D eigenvalue weighted by Crippen LogP contribution is -2.26. The highest BCUT2D eigenvalue weighted by molar-refractivity contribution is 7.40. The van der Waals surface area contributed by atoms with Crippen LogP contribution in [0.2, 0.25) is 0 Å². The molecule has 0 bridgehead atoms. The van der Waals surface area contributed by atoms with E-state index < -0.39 is 20.3 Å². The van der Waals surface area contributed by atoms with Gasteiger partial charge >= 0.3 is 12.2 Å². The summed E-state index contributed by atoms with van der Waals surface area (Å²) in [6.45, 7) is 0.0998. The van der Waals surface area contributed by atoms with Crippen molar-refractivity contribution in [3.63, 3.8) is 0 Å². The molecule has 0 spiro atoms. The van der Waals surface area contributed by atoms with Gasteiger partial charge in [0.15, 0.2) is 0 Å². The predicted octanol–water partition coefficient (Wildman–Crippen LogP) is -0.296. The zero-order chi connectivity index (χ0) is 13.5. The summed E-state index contributed by atoms with van der Waals surface area (Å²) in [5, 5.41) is 1.94. The molecule has 3 unspecified atom stereocenters. The van der Waals surface area contributed by atoms with Gasteiger partial charge in [0.1, 0.15) is 13.2 Å². The summed E-state index contributed by atoms with van der Waals surface area (Å²) >= 11 is 0. The molecule has 18 heavy (non-hydrogen) atoms. The van der Waals surface area contributed by atoms with Gasteiger partial charge in [-0.05, 0) is 12.8 Å². The third kappa shape index (κ3) is 5.85. The molecular weight excluding hydrogens is 265 g/mol. The number of nitrogens with one attached hydrogen (secondary N) is 1. The van der Waals surface area contributed by atoms with E-state index in [0.717, 1.165) is 0 Å². The van der Waals surface area contributed by atoms with Crippen LogP contribution in [0.1, 0.15) is 12.8 Å². The van der Waals surface area contributed by atoms with E-state index in [2.05, 4.69) is 4.74 Å². The molecular formula is C8H16N3O6P. The molecule has 1 saturated heterocycles. The van der Waals surface area contributed by atoms with Crippen molar-refractivity contribution in [3.8, 4) is 0 Å². The monoisotopic (exact) mass is 281 g/mol. The van der Waals surface area contributed by atoms with Crippen LogP contribution < -0.4 is 16.3 Å². The molecule has 1 rings (SSSR count). The third-order valence-corrected chi connectivity index (χ3v) is 2.68. The van der Waals surface area contributed by atoms with Crippen LogP contribution in [0.25, 0.3) is 0 Å². The van der Waals surface area contributed by atoms with Gasteiger partial charge in [0.25, 0.3) is 0 Å². The Hall–Kier alpha value is -1.31. The minimum absolute atomic E-state index is 0.0219. The van der Waals surface area contributed by atoms with E-state index in [1.165, 1.54) is 0 Å². The van der Waals surface area contributed by atoms with Crippen molar-refractivity contribution in [2.24, 2.45) is 11.2 Å². The largest absolute Gasteiger partial charge is 0.447 e. The summed E-state index contributed by atoms with van der Waals surface area (Å²) in [6.07, 6.45) is -0.887. The Morgan fingerprint density at radius 2 is 1.83 bits per heavy atom. The Morgan fingerprint density at radius 1 is 1.28 bits per heavy atom. The van der Waals surface area contributed by atoms with Gasteiger partial charge in [-0.3, -0.25) is 15.2 Å². The fourth-order valence-corrected chi connectivity index (χ4v) is 1.78. The number of carbonyl (C=O) groups excluding carboxylic acids is 2. The van der Waals surface area contributed by atoms with E-state index in [-0.39, 0.29) is 25.4 Å². The Balaban J connectivity index is 2.16. The maximum Gasteiger partial charge on any atom is 0.413 e. The zero-order valence-corrected chi connectivity index (χ0v) is 10.6. The van der Waals surface area contributed by atoms with Crippen molar-refractivity contribution >= 4 is 20.3 Å². The standard InChI is InChI=1S/C8H16N3O6P/c9-7(12)15-3-5-1-2-6(17-5)4-16-8(13)11-18(10)14/h5-6,18H,1-4H2,(H2,9,12)(H3,10,11,13,14). The first-order valence-corrected chi connectivity index (χ1v) is 6.77. The predicted molar refractivity (Wildman–Crippen MR) is 61.1 cm³/mol. The molecule has 3 atom stereocenters. The molecule has 0 aromatic carbocycles. The average molecular weight is 281 g/mol. The fourth-order valence-electron chi connectivity index (χ4n) is 1.51. The minimum Gasteiger partial charge on any atom is -0.447 e. The molecule has 1 aliphatic heterocycles. The average Bonchev–Trinajstić information content (AvgIpc) is 2.70. The van der Waals surface area contributed by atoms with Gasteiger partial charge in [-0.2, -0.15) is 0 Å². The second-order valence-corrected chi connectivity index (χ2v) is 4.65. The minimum atomic E-state index is -2.59. The Morgan fingerprint density at radius 3 is 2.33 bits per heavy atom. The molecule has 0 radical (unpaired) electrons. The summed E-state index contributed by atoms with van der Waals surface area (Å²) in [7, 11) is -2.59. The SMILES string of the molecule is NC(=O)OCC1CCC(COC(=O)N[PH](N)=O)O1. The van der Waals surface area contributed by atoms with Crippen LogP contribution in [0.5, 0.6) is 0 Å². The van der Waals surface area contributed by atoms with Crippen molar-refractivity contribution < 1.29 is 28.4 Å². The molecule has 2 amide bonds. The van der Waals surface area contributed by atoms with E-state index in [1.54, 1.807) is 0 Å². The highest BCUT2D eigenvalue weighted by Gasteiger charge is 2.27. The van der Waals surface area contributed by atoms with Crippen molar-refractivity contribution in [2.75, 3.05) is 13.2 Å². The van der Waals surface area contributed by atoms with Gasteiger partial charge in [0.2, 0.25) is 8.10 Å². The zero-order valence-electron chi connectivity index (χ0n) is 9.59. The van der Waals surface area contributed by atoms with Crippen molar-refractivity contribution in [3.05, 3.63) is 0 Å². The van der Waals surface area contributed by atoms with Gasteiger partial charge in [0.05, 0.1) is 12.2 Å². The van der Waals surface area contributed by atoms with E-state index in [1.807, 2.05) is 5.09 Å². The number of ether oxygens (including phenoxy) is 3. The van der Waals surface area contributed by atoms with E-state index in [4.69, 9.17) is 20.7 Å². The number of primary amides is 1. The van der Waals surface area contributed by atoms with Crippen molar-refractivity contribution in [1.29, 1.82) is 0 Å². The van der Waals surface area contributed by atoms with Crippen LogP contribution in [0, 0.1) is 0 Å². The molecule has 1 aliphatic rings. The molecule has 1 heterocycles. The van der Waals surface area contributed by atoms with E-state index in [9.17, 15) is 14.2 Å². The summed E-state index contributed by atoms with van der Waals surface area (Å²) in [6, 6.07) is 0. The van der Waals surface area contributed by atoms with Crippen LogP contribution >= 0.6 is 8.10 Å². The number of carbonyl (C=O) groups is 2. The molecule has 104 valence electrons. The number of hydrogen-bond donors (Lipinski definition) is 3. The van der Waals surface area contributed by atoms with Crippen molar-refractivity contribution in [1.82, 2.24) is 5.09 Å². The first-order valence-electron chi connectivity index (χ1n) is 5.28. The molecule has 10 heteroatoms.